The van der Waals surface area contributed by atoms with Crippen molar-refractivity contribution in [2.75, 3.05) is 18.5 Å². The molecule has 2 rings (SSSR count). The van der Waals surface area contributed by atoms with Crippen molar-refractivity contribution in [2.24, 2.45) is 0 Å². The summed E-state index contributed by atoms with van der Waals surface area (Å²) in [6.45, 7) is 1.47. The second-order valence-electron chi connectivity index (χ2n) is 3.99. The molecule has 0 atom stereocenters. The number of anilines is 1. The normalized spacial score (nSPS) is 9.63. The van der Waals surface area contributed by atoms with Gasteiger partial charge in [0.2, 0.25) is 0 Å². The molecule has 0 unspecified atom stereocenters. The summed E-state index contributed by atoms with van der Waals surface area (Å²) in [6, 6.07) is 15.3. The van der Waals surface area contributed by atoms with Crippen LogP contribution in [0.2, 0.25) is 0 Å². The van der Waals surface area contributed by atoms with Crippen LogP contribution < -0.4 is 10.1 Å². The lowest BCUT2D eigenvalue weighted by atomic mass is 10.3. The highest BCUT2D eigenvalue weighted by molar-refractivity contribution is 5.42. The van der Waals surface area contributed by atoms with E-state index < -0.39 is 0 Å². The number of rotatable bonds is 6. The monoisotopic (exact) mass is 253 g/mol. The number of hydrogen-bond acceptors (Lipinski definition) is 4. The van der Waals surface area contributed by atoms with E-state index in [9.17, 15) is 0 Å². The maximum atomic E-state index is 8.63. The van der Waals surface area contributed by atoms with Crippen molar-refractivity contribution in [3.05, 3.63) is 54.4 Å². The zero-order valence-corrected chi connectivity index (χ0v) is 10.5. The third-order valence-corrected chi connectivity index (χ3v) is 2.54. The van der Waals surface area contributed by atoms with Gasteiger partial charge in [0, 0.05) is 6.54 Å². The first-order chi connectivity index (χ1) is 9.38. The molecule has 4 heteroatoms. The lowest BCUT2D eigenvalue weighted by Gasteiger charge is -2.07. The lowest BCUT2D eigenvalue weighted by molar-refractivity contribution is 0.315. The van der Waals surface area contributed by atoms with Crippen molar-refractivity contribution in [1.29, 1.82) is 5.26 Å². The molecule has 0 aliphatic carbocycles. The lowest BCUT2D eigenvalue weighted by Crippen LogP contribution is -2.07. The standard InChI is InChI=1S/C15H15N3O/c16-11-13-7-8-14(12-18-13)17-9-4-10-19-15-5-2-1-3-6-15/h1-3,5-8,12,17H,4,9-10H2. The van der Waals surface area contributed by atoms with E-state index in [1.54, 1.807) is 12.3 Å². The molecular weight excluding hydrogens is 238 g/mol. The van der Waals surface area contributed by atoms with E-state index in [2.05, 4.69) is 10.3 Å². The van der Waals surface area contributed by atoms with Crippen molar-refractivity contribution in [3.63, 3.8) is 0 Å². The molecule has 0 fully saturated rings. The fourth-order valence-electron chi connectivity index (χ4n) is 1.58. The van der Waals surface area contributed by atoms with Crippen molar-refractivity contribution in [1.82, 2.24) is 4.98 Å². The molecule has 2 aromatic rings. The quantitative estimate of drug-likeness (QED) is 0.804. The van der Waals surface area contributed by atoms with Gasteiger partial charge in [0.25, 0.3) is 0 Å². The molecule has 1 aromatic carbocycles. The number of nitrogens with zero attached hydrogens (tertiary/aromatic N) is 2. The van der Waals surface area contributed by atoms with E-state index in [0.717, 1.165) is 24.4 Å². The van der Waals surface area contributed by atoms with Crippen molar-refractivity contribution in [2.45, 2.75) is 6.42 Å². The maximum absolute atomic E-state index is 8.63. The molecule has 0 aliphatic heterocycles. The second-order valence-corrected chi connectivity index (χ2v) is 3.99. The molecule has 4 nitrogen and oxygen atoms in total. The Labute approximate surface area is 112 Å². The van der Waals surface area contributed by atoms with Crippen LogP contribution >= 0.6 is 0 Å². The van der Waals surface area contributed by atoms with Gasteiger partial charge < -0.3 is 10.1 Å². The van der Waals surface area contributed by atoms with Crippen molar-refractivity contribution in [3.8, 4) is 11.8 Å². The Morgan fingerprint density at radius 2 is 2.00 bits per heavy atom. The van der Waals surface area contributed by atoms with E-state index in [1.165, 1.54) is 0 Å². The van der Waals surface area contributed by atoms with E-state index >= 15 is 0 Å². The highest BCUT2D eigenvalue weighted by Gasteiger charge is 1.95. The fraction of sp³-hybridized carbons (Fsp3) is 0.200. The van der Waals surface area contributed by atoms with Crippen LogP contribution in [0.15, 0.2) is 48.7 Å². The van der Waals surface area contributed by atoms with Gasteiger partial charge in [0.1, 0.15) is 17.5 Å². The summed E-state index contributed by atoms with van der Waals surface area (Å²) in [4.78, 5) is 3.99. The topological polar surface area (TPSA) is 57.9 Å². The van der Waals surface area contributed by atoms with Gasteiger partial charge in [0.15, 0.2) is 0 Å². The summed E-state index contributed by atoms with van der Waals surface area (Å²) < 4.78 is 5.58. The van der Waals surface area contributed by atoms with Gasteiger partial charge in [-0.3, -0.25) is 0 Å². The smallest absolute Gasteiger partial charge is 0.140 e. The Hall–Kier alpha value is -2.54. The van der Waals surface area contributed by atoms with Gasteiger partial charge in [0.05, 0.1) is 18.5 Å². The summed E-state index contributed by atoms with van der Waals surface area (Å²) in [7, 11) is 0. The van der Waals surface area contributed by atoms with E-state index in [1.807, 2.05) is 42.5 Å². The van der Waals surface area contributed by atoms with Gasteiger partial charge in [-0.25, -0.2) is 4.98 Å². The molecule has 0 saturated heterocycles. The Kier molecular flexibility index (Phi) is 4.77. The molecule has 1 heterocycles. The van der Waals surface area contributed by atoms with E-state index in [0.29, 0.717) is 12.3 Å². The SMILES string of the molecule is N#Cc1ccc(NCCCOc2ccccc2)cn1. The predicted octanol–water partition coefficient (Wildman–Crippen LogP) is 2.83. The van der Waals surface area contributed by atoms with Crippen LogP contribution in [-0.2, 0) is 0 Å². The minimum Gasteiger partial charge on any atom is -0.494 e. The van der Waals surface area contributed by atoms with Gasteiger partial charge in [-0.15, -0.1) is 0 Å². The number of pyridine rings is 1. The van der Waals surface area contributed by atoms with Crippen LogP contribution in [0.4, 0.5) is 5.69 Å². The minimum atomic E-state index is 0.429. The van der Waals surface area contributed by atoms with Crippen LogP contribution in [0.1, 0.15) is 12.1 Å². The third-order valence-electron chi connectivity index (χ3n) is 2.54. The first-order valence-corrected chi connectivity index (χ1v) is 6.16. The number of nitriles is 1. The molecule has 0 aliphatic rings. The minimum absolute atomic E-state index is 0.429. The number of ether oxygens (including phenoxy) is 1. The number of hydrogen-bond donors (Lipinski definition) is 1. The van der Waals surface area contributed by atoms with Crippen LogP contribution in [0.5, 0.6) is 5.75 Å². The molecule has 0 amide bonds. The molecule has 1 aromatic heterocycles. The molecule has 1 N–H and O–H groups in total. The van der Waals surface area contributed by atoms with Crippen LogP contribution in [-0.4, -0.2) is 18.1 Å². The Morgan fingerprint density at radius 3 is 2.68 bits per heavy atom. The molecule has 0 bridgehead atoms. The highest BCUT2D eigenvalue weighted by Crippen LogP contribution is 2.09. The molecule has 96 valence electrons. The number of benzene rings is 1. The van der Waals surface area contributed by atoms with Crippen molar-refractivity contribution >= 4 is 5.69 Å². The zero-order chi connectivity index (χ0) is 13.3. The summed E-state index contributed by atoms with van der Waals surface area (Å²) in [5.74, 6) is 0.891. The van der Waals surface area contributed by atoms with Crippen LogP contribution in [0.3, 0.4) is 0 Å². The summed E-state index contributed by atoms with van der Waals surface area (Å²) >= 11 is 0. The van der Waals surface area contributed by atoms with Gasteiger partial charge in [-0.1, -0.05) is 18.2 Å². The number of aromatic nitrogens is 1. The average molecular weight is 253 g/mol. The first kappa shape index (κ1) is 12.9. The maximum Gasteiger partial charge on any atom is 0.140 e. The largest absolute Gasteiger partial charge is 0.494 e. The van der Waals surface area contributed by atoms with Crippen LogP contribution in [0, 0.1) is 11.3 Å². The molecule has 19 heavy (non-hydrogen) atoms. The molecule has 0 saturated carbocycles. The Morgan fingerprint density at radius 1 is 1.16 bits per heavy atom. The third kappa shape index (κ3) is 4.32. The van der Waals surface area contributed by atoms with Crippen molar-refractivity contribution < 1.29 is 4.74 Å². The van der Waals surface area contributed by atoms with Gasteiger partial charge in [-0.2, -0.15) is 5.26 Å². The summed E-state index contributed by atoms with van der Waals surface area (Å²) in [5.41, 5.74) is 1.34. The Bertz CT molecular complexity index is 532. The fourth-order valence-corrected chi connectivity index (χ4v) is 1.58. The second kappa shape index (κ2) is 7.02. The first-order valence-electron chi connectivity index (χ1n) is 6.16. The Balaban J connectivity index is 1.65. The highest BCUT2D eigenvalue weighted by atomic mass is 16.5. The zero-order valence-electron chi connectivity index (χ0n) is 10.5. The summed E-state index contributed by atoms with van der Waals surface area (Å²) in [5, 5.41) is 11.9. The predicted molar refractivity (Wildman–Crippen MR) is 74.0 cm³/mol. The van der Waals surface area contributed by atoms with E-state index in [4.69, 9.17) is 10.00 Å². The number of para-hydroxylation sites is 1. The summed E-state index contributed by atoms with van der Waals surface area (Å²) in [6.07, 6.45) is 2.56. The molecule has 0 radical (unpaired) electrons. The molecular formula is C15H15N3O. The average Bonchev–Trinajstić information content (AvgIpc) is 2.49. The molecule has 0 spiro atoms. The van der Waals surface area contributed by atoms with Gasteiger partial charge in [-0.05, 0) is 30.7 Å². The number of nitrogens with one attached hydrogen (secondary N) is 1. The van der Waals surface area contributed by atoms with Gasteiger partial charge >= 0.3 is 0 Å². The van der Waals surface area contributed by atoms with Crippen LogP contribution in [0.25, 0.3) is 0 Å². The van der Waals surface area contributed by atoms with E-state index in [-0.39, 0.29) is 0 Å².